The summed E-state index contributed by atoms with van der Waals surface area (Å²) >= 11 is 1.66. The van der Waals surface area contributed by atoms with Gasteiger partial charge in [-0.1, -0.05) is 0 Å². The molecule has 1 fully saturated rings. The van der Waals surface area contributed by atoms with Crippen molar-refractivity contribution in [3.8, 4) is 0 Å². The first kappa shape index (κ1) is 14.9. The number of amides is 3. The van der Waals surface area contributed by atoms with Gasteiger partial charge in [-0.05, 0) is 27.8 Å². The third kappa shape index (κ3) is 3.16. The zero-order chi connectivity index (χ0) is 14.9. The number of thiazole rings is 1. The van der Waals surface area contributed by atoms with E-state index >= 15 is 0 Å². The van der Waals surface area contributed by atoms with Gasteiger partial charge in [0.05, 0.1) is 5.01 Å². The predicted octanol–water partition coefficient (Wildman–Crippen LogP) is 1.21. The highest BCUT2D eigenvalue weighted by Gasteiger charge is 2.43. The van der Waals surface area contributed by atoms with Gasteiger partial charge in [0, 0.05) is 30.7 Å². The third-order valence-corrected chi connectivity index (χ3v) is 4.14. The van der Waals surface area contributed by atoms with Crippen LogP contribution in [0.25, 0.3) is 0 Å². The first-order valence-electron chi connectivity index (χ1n) is 6.53. The summed E-state index contributed by atoms with van der Waals surface area (Å²) in [7, 11) is 1.97. The molecule has 0 unspecified atom stereocenters. The van der Waals surface area contributed by atoms with Gasteiger partial charge in [0.15, 0.2) is 0 Å². The lowest BCUT2D eigenvalue weighted by atomic mass is 10.1. The normalized spacial score (nSPS) is 17.9. The number of carbonyl (C=O) groups excluding carboxylic acids is 2. The molecule has 1 N–H and O–H groups in total. The Labute approximate surface area is 122 Å². The second kappa shape index (κ2) is 5.49. The molecule has 7 heteroatoms. The Hall–Kier alpha value is -1.47. The molecule has 0 aliphatic carbocycles. The van der Waals surface area contributed by atoms with E-state index in [-0.39, 0.29) is 11.9 Å². The number of nitrogens with zero attached hydrogens (tertiary/aromatic N) is 3. The molecule has 2 rings (SSSR count). The van der Waals surface area contributed by atoms with Crippen molar-refractivity contribution >= 4 is 23.3 Å². The van der Waals surface area contributed by atoms with Crippen molar-refractivity contribution in [1.82, 2.24) is 20.1 Å². The molecular weight excluding hydrogens is 276 g/mol. The van der Waals surface area contributed by atoms with Crippen LogP contribution in [0.2, 0.25) is 0 Å². The van der Waals surface area contributed by atoms with E-state index in [2.05, 4.69) is 15.2 Å². The Morgan fingerprint density at radius 3 is 2.65 bits per heavy atom. The summed E-state index contributed by atoms with van der Waals surface area (Å²) in [5, 5.41) is 3.73. The van der Waals surface area contributed by atoms with Crippen LogP contribution in [-0.2, 0) is 11.3 Å². The van der Waals surface area contributed by atoms with E-state index in [4.69, 9.17) is 0 Å². The number of aryl methyl sites for hydroxylation is 1. The number of urea groups is 1. The molecule has 0 bridgehead atoms. The minimum absolute atomic E-state index is 0.162. The van der Waals surface area contributed by atoms with Crippen molar-refractivity contribution < 1.29 is 9.59 Å². The Morgan fingerprint density at radius 2 is 2.15 bits per heavy atom. The molecule has 3 amide bonds. The minimum Gasteiger partial charge on any atom is -0.324 e. The molecule has 1 aromatic rings. The molecule has 1 saturated heterocycles. The van der Waals surface area contributed by atoms with Gasteiger partial charge < -0.3 is 5.32 Å². The Bertz CT molecular complexity index is 526. The SMILES string of the molecule is Cc1ncc(CN(C)CCN2C(=O)NC(C)(C)C2=O)s1. The summed E-state index contributed by atoms with van der Waals surface area (Å²) in [4.78, 5) is 32.5. The second-order valence-electron chi connectivity index (χ2n) is 5.60. The number of imide groups is 1. The zero-order valence-corrected chi connectivity index (χ0v) is 13.1. The first-order chi connectivity index (χ1) is 9.29. The van der Waals surface area contributed by atoms with Gasteiger partial charge in [0.25, 0.3) is 5.91 Å². The van der Waals surface area contributed by atoms with Crippen molar-refractivity contribution in [2.24, 2.45) is 0 Å². The molecule has 0 saturated carbocycles. The van der Waals surface area contributed by atoms with E-state index in [9.17, 15) is 9.59 Å². The lowest BCUT2D eigenvalue weighted by Gasteiger charge is -2.20. The highest BCUT2D eigenvalue weighted by Crippen LogP contribution is 2.17. The van der Waals surface area contributed by atoms with Crippen LogP contribution in [0.4, 0.5) is 4.79 Å². The van der Waals surface area contributed by atoms with Crippen molar-refractivity contribution in [2.75, 3.05) is 20.1 Å². The summed E-state index contributed by atoms with van der Waals surface area (Å²) in [6.07, 6.45) is 1.87. The molecule has 110 valence electrons. The molecular formula is C13H20N4O2S. The van der Waals surface area contributed by atoms with E-state index < -0.39 is 5.54 Å². The van der Waals surface area contributed by atoms with Crippen molar-refractivity contribution in [3.63, 3.8) is 0 Å². The number of hydrogen-bond donors (Lipinski definition) is 1. The summed E-state index contributed by atoms with van der Waals surface area (Å²) in [5.41, 5.74) is -0.787. The summed E-state index contributed by atoms with van der Waals surface area (Å²) in [6, 6.07) is -0.304. The highest BCUT2D eigenvalue weighted by atomic mass is 32.1. The van der Waals surface area contributed by atoms with Crippen molar-refractivity contribution in [3.05, 3.63) is 16.1 Å². The van der Waals surface area contributed by atoms with Crippen LogP contribution < -0.4 is 5.32 Å². The van der Waals surface area contributed by atoms with Crippen LogP contribution in [0.5, 0.6) is 0 Å². The number of hydrogen-bond acceptors (Lipinski definition) is 5. The van der Waals surface area contributed by atoms with Crippen LogP contribution in [0.1, 0.15) is 23.7 Å². The predicted molar refractivity (Wildman–Crippen MR) is 77.5 cm³/mol. The molecule has 1 aliphatic rings. The van der Waals surface area contributed by atoms with E-state index in [1.54, 1.807) is 25.2 Å². The fourth-order valence-corrected chi connectivity index (χ4v) is 2.99. The van der Waals surface area contributed by atoms with Crippen molar-refractivity contribution in [1.29, 1.82) is 0 Å². The average Bonchev–Trinajstić information content (AvgIpc) is 2.81. The van der Waals surface area contributed by atoms with E-state index in [1.165, 1.54) is 9.78 Å². The van der Waals surface area contributed by atoms with Gasteiger partial charge in [-0.2, -0.15) is 0 Å². The van der Waals surface area contributed by atoms with Crippen LogP contribution in [-0.4, -0.2) is 52.4 Å². The maximum atomic E-state index is 12.0. The Kier molecular flexibility index (Phi) is 4.10. The van der Waals surface area contributed by atoms with Gasteiger partial charge in [-0.15, -0.1) is 11.3 Å². The molecule has 20 heavy (non-hydrogen) atoms. The van der Waals surface area contributed by atoms with E-state index in [0.717, 1.165) is 11.6 Å². The Morgan fingerprint density at radius 1 is 1.45 bits per heavy atom. The number of aromatic nitrogens is 1. The number of nitrogens with one attached hydrogen (secondary N) is 1. The van der Waals surface area contributed by atoms with Gasteiger partial charge in [-0.3, -0.25) is 14.6 Å². The first-order valence-corrected chi connectivity index (χ1v) is 7.35. The molecule has 0 radical (unpaired) electrons. The fourth-order valence-electron chi connectivity index (χ4n) is 2.12. The van der Waals surface area contributed by atoms with Crippen LogP contribution in [0.3, 0.4) is 0 Å². The maximum Gasteiger partial charge on any atom is 0.325 e. The summed E-state index contributed by atoms with van der Waals surface area (Å²) in [5.74, 6) is -0.162. The standard InChI is InChI=1S/C13H20N4O2S/c1-9-14-7-10(20-9)8-16(4)5-6-17-11(18)13(2,3)15-12(17)19/h7H,5-6,8H2,1-4H3,(H,15,19). The van der Waals surface area contributed by atoms with Crippen molar-refractivity contribution in [2.45, 2.75) is 32.9 Å². The molecule has 0 aromatic carbocycles. The monoisotopic (exact) mass is 296 g/mol. The summed E-state index contributed by atoms with van der Waals surface area (Å²) in [6.45, 7) is 7.24. The molecule has 2 heterocycles. The molecule has 1 aliphatic heterocycles. The van der Waals surface area contributed by atoms with Gasteiger partial charge in [-0.25, -0.2) is 9.78 Å². The van der Waals surface area contributed by atoms with Gasteiger partial charge >= 0.3 is 6.03 Å². The minimum atomic E-state index is -0.787. The zero-order valence-electron chi connectivity index (χ0n) is 12.3. The van der Waals surface area contributed by atoms with Gasteiger partial charge in [0.2, 0.25) is 0 Å². The smallest absolute Gasteiger partial charge is 0.324 e. The Balaban J connectivity index is 1.86. The molecule has 0 spiro atoms. The lowest BCUT2D eigenvalue weighted by molar-refractivity contribution is -0.130. The van der Waals surface area contributed by atoms with Crippen LogP contribution in [0.15, 0.2) is 6.20 Å². The fraction of sp³-hybridized carbons (Fsp3) is 0.615. The van der Waals surface area contributed by atoms with Crippen LogP contribution >= 0.6 is 11.3 Å². The number of rotatable bonds is 5. The quantitative estimate of drug-likeness (QED) is 0.830. The largest absolute Gasteiger partial charge is 0.325 e. The maximum absolute atomic E-state index is 12.0. The van der Waals surface area contributed by atoms with Gasteiger partial charge in [0.1, 0.15) is 5.54 Å². The van der Waals surface area contributed by atoms with E-state index in [1.807, 2.05) is 20.2 Å². The number of carbonyl (C=O) groups is 2. The highest BCUT2D eigenvalue weighted by molar-refractivity contribution is 7.11. The van der Waals surface area contributed by atoms with E-state index in [0.29, 0.717) is 13.1 Å². The summed E-state index contributed by atoms with van der Waals surface area (Å²) < 4.78 is 0. The second-order valence-corrected chi connectivity index (χ2v) is 6.91. The average molecular weight is 296 g/mol. The molecule has 1 aromatic heterocycles. The molecule has 6 nitrogen and oxygen atoms in total. The topological polar surface area (TPSA) is 65.5 Å². The molecule has 0 atom stereocenters. The van der Waals surface area contributed by atoms with Crippen LogP contribution in [0, 0.1) is 6.92 Å². The third-order valence-electron chi connectivity index (χ3n) is 3.24. The lowest BCUT2D eigenvalue weighted by Crippen LogP contribution is -2.41. The number of likely N-dealkylation sites (N-methyl/N-ethyl adjacent to an activating group) is 1.